The second kappa shape index (κ2) is 7.50. The number of thiophene rings is 1. The van der Waals surface area contributed by atoms with Gasteiger partial charge in [0, 0.05) is 23.7 Å². The van der Waals surface area contributed by atoms with Crippen LogP contribution < -0.4 is 5.32 Å². The Labute approximate surface area is 159 Å². The largest absolute Gasteiger partial charge is 0.326 e. The van der Waals surface area contributed by atoms with Crippen LogP contribution in [0.5, 0.6) is 0 Å². The van der Waals surface area contributed by atoms with Gasteiger partial charge in [-0.3, -0.25) is 4.79 Å². The summed E-state index contributed by atoms with van der Waals surface area (Å²) >= 11 is 1.27. The molecule has 1 aliphatic rings. The molecular weight excluding hydrogens is 368 g/mol. The van der Waals surface area contributed by atoms with Crippen LogP contribution in [0.3, 0.4) is 0 Å². The van der Waals surface area contributed by atoms with Crippen LogP contribution in [-0.4, -0.2) is 31.7 Å². The summed E-state index contributed by atoms with van der Waals surface area (Å²) in [6, 6.07) is 9.33. The quantitative estimate of drug-likeness (QED) is 0.862. The first-order valence-electron chi connectivity index (χ1n) is 8.72. The van der Waals surface area contributed by atoms with E-state index in [4.69, 9.17) is 0 Å². The highest BCUT2D eigenvalue weighted by molar-refractivity contribution is 7.91. The number of carbonyl (C=O) groups is 1. The minimum Gasteiger partial charge on any atom is -0.326 e. The monoisotopic (exact) mass is 392 g/mol. The fourth-order valence-corrected chi connectivity index (χ4v) is 6.20. The van der Waals surface area contributed by atoms with E-state index in [9.17, 15) is 13.2 Å². The molecule has 140 valence electrons. The summed E-state index contributed by atoms with van der Waals surface area (Å²) in [6.45, 7) is 6.55. The molecule has 1 amide bonds. The van der Waals surface area contributed by atoms with E-state index in [0.29, 0.717) is 23.6 Å². The van der Waals surface area contributed by atoms with Crippen LogP contribution in [0, 0.1) is 26.7 Å². The van der Waals surface area contributed by atoms with Crippen molar-refractivity contribution in [3.63, 3.8) is 0 Å². The van der Waals surface area contributed by atoms with Gasteiger partial charge in [0.15, 0.2) is 0 Å². The van der Waals surface area contributed by atoms with Crippen molar-refractivity contribution in [1.29, 1.82) is 0 Å². The number of nitrogens with one attached hydrogen (secondary N) is 1. The molecule has 1 atom stereocenters. The number of anilines is 1. The standard InChI is InChI=1S/C19H24N2O3S2/c1-13-6-8-17(14(2)11-13)20-19(22)16-5-4-10-21(12-16)26(23,24)18-9-7-15(3)25-18/h6-9,11,16H,4-5,10,12H2,1-3H3,(H,20,22)/t16-/m0/s1. The molecular formula is C19H24N2O3S2. The smallest absolute Gasteiger partial charge is 0.252 e. The number of hydrogen-bond acceptors (Lipinski definition) is 4. The van der Waals surface area contributed by atoms with Crippen LogP contribution in [0.2, 0.25) is 0 Å². The topological polar surface area (TPSA) is 66.5 Å². The van der Waals surface area contributed by atoms with Crippen LogP contribution in [0.1, 0.15) is 28.8 Å². The Hall–Kier alpha value is -1.70. The molecule has 2 heterocycles. The van der Waals surface area contributed by atoms with Crippen molar-refractivity contribution in [2.75, 3.05) is 18.4 Å². The molecule has 0 unspecified atom stereocenters. The van der Waals surface area contributed by atoms with Crippen LogP contribution >= 0.6 is 11.3 Å². The highest BCUT2D eigenvalue weighted by Gasteiger charge is 2.34. The van der Waals surface area contributed by atoms with Crippen molar-refractivity contribution in [3.05, 3.63) is 46.3 Å². The van der Waals surface area contributed by atoms with Gasteiger partial charge in [-0.15, -0.1) is 11.3 Å². The van der Waals surface area contributed by atoms with Gasteiger partial charge in [-0.1, -0.05) is 17.7 Å². The number of benzene rings is 1. The minimum atomic E-state index is -3.52. The predicted octanol–water partition coefficient (Wildman–Crippen LogP) is 3.71. The Balaban J connectivity index is 1.72. The number of nitrogens with zero attached hydrogens (tertiary/aromatic N) is 1. The van der Waals surface area contributed by atoms with Gasteiger partial charge < -0.3 is 5.32 Å². The van der Waals surface area contributed by atoms with E-state index < -0.39 is 10.0 Å². The van der Waals surface area contributed by atoms with Crippen molar-refractivity contribution in [1.82, 2.24) is 4.31 Å². The van der Waals surface area contributed by atoms with Gasteiger partial charge in [-0.25, -0.2) is 8.42 Å². The fraction of sp³-hybridized carbons (Fsp3) is 0.421. The van der Waals surface area contributed by atoms with Crippen molar-refractivity contribution >= 4 is 33.0 Å². The first-order chi connectivity index (χ1) is 12.3. The van der Waals surface area contributed by atoms with E-state index in [2.05, 4.69) is 5.32 Å². The number of aryl methyl sites for hydroxylation is 3. The van der Waals surface area contributed by atoms with E-state index in [0.717, 1.165) is 21.7 Å². The van der Waals surface area contributed by atoms with Gasteiger partial charge in [-0.05, 0) is 57.4 Å². The molecule has 26 heavy (non-hydrogen) atoms. The van der Waals surface area contributed by atoms with E-state index in [1.807, 2.05) is 45.0 Å². The molecule has 0 aliphatic carbocycles. The maximum Gasteiger partial charge on any atom is 0.252 e. The Kier molecular flexibility index (Phi) is 5.50. The van der Waals surface area contributed by atoms with Gasteiger partial charge in [0.2, 0.25) is 5.91 Å². The van der Waals surface area contributed by atoms with Crippen molar-refractivity contribution in [3.8, 4) is 0 Å². The molecule has 1 fully saturated rings. The minimum absolute atomic E-state index is 0.112. The molecule has 3 rings (SSSR count). The van der Waals surface area contributed by atoms with Gasteiger partial charge >= 0.3 is 0 Å². The van der Waals surface area contributed by atoms with Crippen LogP contribution in [0.25, 0.3) is 0 Å². The fourth-order valence-electron chi connectivity index (χ4n) is 3.24. The number of amides is 1. The molecule has 0 saturated carbocycles. The Morgan fingerprint density at radius 1 is 1.19 bits per heavy atom. The molecule has 1 saturated heterocycles. The third-order valence-corrected chi connectivity index (χ3v) is 8.04. The summed E-state index contributed by atoms with van der Waals surface area (Å²) in [4.78, 5) is 13.7. The van der Waals surface area contributed by atoms with Gasteiger partial charge in [0.05, 0.1) is 5.92 Å². The molecule has 0 radical (unpaired) electrons. The number of sulfonamides is 1. The third kappa shape index (κ3) is 4.00. The van der Waals surface area contributed by atoms with Crippen molar-refractivity contribution < 1.29 is 13.2 Å². The van der Waals surface area contributed by atoms with E-state index in [1.54, 1.807) is 6.07 Å². The lowest BCUT2D eigenvalue weighted by Gasteiger charge is -2.31. The number of rotatable bonds is 4. The average molecular weight is 393 g/mol. The summed E-state index contributed by atoms with van der Waals surface area (Å²) in [6.07, 6.45) is 1.39. The summed E-state index contributed by atoms with van der Waals surface area (Å²) < 4.78 is 27.5. The first-order valence-corrected chi connectivity index (χ1v) is 11.0. The molecule has 5 nitrogen and oxygen atoms in total. The van der Waals surface area contributed by atoms with Gasteiger partial charge in [0.1, 0.15) is 4.21 Å². The zero-order valence-corrected chi connectivity index (χ0v) is 16.9. The van der Waals surface area contributed by atoms with E-state index >= 15 is 0 Å². The van der Waals surface area contributed by atoms with Crippen molar-refractivity contribution in [2.45, 2.75) is 37.8 Å². The molecule has 0 spiro atoms. The Morgan fingerprint density at radius 3 is 2.62 bits per heavy atom. The zero-order chi connectivity index (χ0) is 18.9. The SMILES string of the molecule is Cc1ccc(NC(=O)[C@H]2CCCN(S(=O)(=O)c3ccc(C)s3)C2)c(C)c1. The summed E-state index contributed by atoms with van der Waals surface area (Å²) in [5.74, 6) is -0.445. The van der Waals surface area contributed by atoms with Crippen molar-refractivity contribution in [2.24, 2.45) is 5.92 Å². The third-order valence-electron chi connectivity index (χ3n) is 4.70. The summed E-state index contributed by atoms with van der Waals surface area (Å²) in [5.41, 5.74) is 2.93. The lowest BCUT2D eigenvalue weighted by atomic mass is 9.98. The van der Waals surface area contributed by atoms with Gasteiger partial charge in [0.25, 0.3) is 10.0 Å². The van der Waals surface area contributed by atoms with Crippen LogP contribution in [0.15, 0.2) is 34.5 Å². The van der Waals surface area contributed by atoms with Gasteiger partial charge in [-0.2, -0.15) is 4.31 Å². The first kappa shape index (κ1) is 19.1. The lowest BCUT2D eigenvalue weighted by molar-refractivity contribution is -0.120. The molecule has 1 aromatic heterocycles. The molecule has 0 bridgehead atoms. The molecule has 1 aromatic carbocycles. The predicted molar refractivity (Wildman–Crippen MR) is 105 cm³/mol. The Bertz CT molecular complexity index is 919. The second-order valence-electron chi connectivity index (χ2n) is 6.87. The molecule has 2 aromatic rings. The molecule has 1 aliphatic heterocycles. The number of carbonyl (C=O) groups excluding carboxylic acids is 1. The normalized spacial score (nSPS) is 18.7. The Morgan fingerprint density at radius 2 is 1.96 bits per heavy atom. The molecule has 7 heteroatoms. The maximum absolute atomic E-state index is 12.8. The highest BCUT2D eigenvalue weighted by Crippen LogP contribution is 2.29. The highest BCUT2D eigenvalue weighted by atomic mass is 32.2. The number of hydrogen-bond donors (Lipinski definition) is 1. The van der Waals surface area contributed by atoms with Crippen LogP contribution in [0.4, 0.5) is 5.69 Å². The van der Waals surface area contributed by atoms with E-state index in [-0.39, 0.29) is 18.4 Å². The maximum atomic E-state index is 12.8. The van der Waals surface area contributed by atoms with Crippen LogP contribution in [-0.2, 0) is 14.8 Å². The van der Waals surface area contributed by atoms with E-state index in [1.165, 1.54) is 15.6 Å². The summed E-state index contributed by atoms with van der Waals surface area (Å²) in [7, 11) is -3.52. The molecule has 1 N–H and O–H groups in total. The second-order valence-corrected chi connectivity index (χ2v) is 10.3. The average Bonchev–Trinajstić information content (AvgIpc) is 3.05. The number of piperidine rings is 1. The summed E-state index contributed by atoms with van der Waals surface area (Å²) in [5, 5.41) is 2.97. The zero-order valence-electron chi connectivity index (χ0n) is 15.3. The lowest BCUT2D eigenvalue weighted by Crippen LogP contribution is -2.43.